The minimum absolute atomic E-state index is 0.0304. The van der Waals surface area contributed by atoms with Gasteiger partial charge in [-0.05, 0) is 31.4 Å². The van der Waals surface area contributed by atoms with Crippen molar-refractivity contribution < 1.29 is 14.7 Å². The number of terminal acetylenes is 1. The van der Waals surface area contributed by atoms with Crippen LogP contribution in [0.4, 0.5) is 0 Å². The Balaban J connectivity index is 1.93. The van der Waals surface area contributed by atoms with Gasteiger partial charge in [0.15, 0.2) is 5.78 Å². The molecular weight excluding hydrogens is 292 g/mol. The maximum Gasteiger partial charge on any atom is 0.164 e. The van der Waals surface area contributed by atoms with Crippen molar-refractivity contribution in [3.8, 4) is 12.3 Å². The topological polar surface area (TPSA) is 61.8 Å². The monoisotopic (exact) mass is 314 g/mol. The summed E-state index contributed by atoms with van der Waals surface area (Å²) >= 11 is 0. The average molecular weight is 314 g/mol. The number of hydrogen-bond acceptors (Lipinski definition) is 5. The molecule has 3 rings (SSSR count). The molecule has 0 aromatic heterocycles. The van der Waals surface area contributed by atoms with Gasteiger partial charge in [-0.3, -0.25) is 10.1 Å². The Morgan fingerprint density at radius 2 is 2.13 bits per heavy atom. The fourth-order valence-electron chi connectivity index (χ4n) is 3.70. The summed E-state index contributed by atoms with van der Waals surface area (Å²) in [5.41, 5.74) is 1.74. The number of benzene rings is 1. The van der Waals surface area contributed by atoms with Gasteiger partial charge in [0.2, 0.25) is 0 Å². The number of rotatable bonds is 2. The zero-order valence-corrected chi connectivity index (χ0v) is 13.5. The molecule has 5 nitrogen and oxygen atoms in total. The predicted molar refractivity (Wildman–Crippen MR) is 86.6 cm³/mol. The van der Waals surface area contributed by atoms with Crippen LogP contribution in [0.15, 0.2) is 18.2 Å². The van der Waals surface area contributed by atoms with E-state index in [9.17, 15) is 9.90 Å². The molecule has 2 heterocycles. The van der Waals surface area contributed by atoms with Crippen molar-refractivity contribution in [1.29, 1.82) is 0 Å². The lowest BCUT2D eigenvalue weighted by atomic mass is 9.79. The summed E-state index contributed by atoms with van der Waals surface area (Å²) in [5, 5.41) is 15.5. The summed E-state index contributed by atoms with van der Waals surface area (Å²) < 4.78 is 0. The van der Waals surface area contributed by atoms with E-state index in [2.05, 4.69) is 11.2 Å². The molecule has 1 aromatic carbocycles. The maximum absolute atomic E-state index is 13.1. The van der Waals surface area contributed by atoms with E-state index in [-0.39, 0.29) is 5.78 Å². The summed E-state index contributed by atoms with van der Waals surface area (Å²) in [5.74, 6) is 2.04. The van der Waals surface area contributed by atoms with Crippen LogP contribution in [0.25, 0.3) is 0 Å². The number of nitrogens with zero attached hydrogens (tertiary/aromatic N) is 1. The Morgan fingerprint density at radius 3 is 2.74 bits per heavy atom. The highest BCUT2D eigenvalue weighted by molar-refractivity contribution is 5.97. The average Bonchev–Trinajstić information content (AvgIpc) is 2.78. The molecular formula is C18H22N2O3. The first kappa shape index (κ1) is 16.2. The van der Waals surface area contributed by atoms with E-state index in [1.54, 1.807) is 7.11 Å². The molecule has 23 heavy (non-hydrogen) atoms. The molecule has 2 aliphatic heterocycles. The van der Waals surface area contributed by atoms with Gasteiger partial charge in [0.25, 0.3) is 0 Å². The van der Waals surface area contributed by atoms with Crippen LogP contribution in [0.1, 0.15) is 35.4 Å². The largest absolute Gasteiger partial charge is 0.377 e. The molecule has 2 saturated heterocycles. The summed E-state index contributed by atoms with van der Waals surface area (Å²) in [4.78, 5) is 18.3. The van der Waals surface area contributed by atoms with Gasteiger partial charge in [-0.2, -0.15) is 5.06 Å². The molecule has 0 saturated carbocycles. The third-order valence-corrected chi connectivity index (χ3v) is 5.03. The highest BCUT2D eigenvalue weighted by Crippen LogP contribution is 2.39. The smallest absolute Gasteiger partial charge is 0.164 e. The number of aliphatic hydroxyl groups is 1. The zero-order valence-electron chi connectivity index (χ0n) is 13.5. The van der Waals surface area contributed by atoms with Crippen molar-refractivity contribution in [3.05, 3.63) is 34.9 Å². The van der Waals surface area contributed by atoms with Gasteiger partial charge in [-0.25, -0.2) is 0 Å². The second-order valence-corrected chi connectivity index (χ2v) is 6.36. The van der Waals surface area contributed by atoms with Crippen molar-refractivity contribution in [1.82, 2.24) is 10.4 Å². The van der Waals surface area contributed by atoms with Gasteiger partial charge in [0.05, 0.1) is 18.6 Å². The number of nitrogens with one attached hydrogen (secondary N) is 1. The normalized spacial score (nSPS) is 27.3. The molecule has 0 amide bonds. The maximum atomic E-state index is 13.1. The first-order valence-corrected chi connectivity index (χ1v) is 7.87. The predicted octanol–water partition coefficient (Wildman–Crippen LogP) is 0.947. The Labute approximate surface area is 136 Å². The summed E-state index contributed by atoms with van der Waals surface area (Å²) in [6.07, 6.45) is 5.90. The van der Waals surface area contributed by atoms with Gasteiger partial charge in [0, 0.05) is 18.7 Å². The highest BCUT2D eigenvalue weighted by Gasteiger charge is 2.54. The number of Topliss-reactive ketones (excluding diaryl/α,β-unsaturated/α-hetero) is 1. The summed E-state index contributed by atoms with van der Waals surface area (Å²) in [6.45, 7) is 3.27. The molecule has 0 bridgehead atoms. The number of ketones is 1. The molecule has 0 aliphatic carbocycles. The molecule has 2 N–H and O–H groups in total. The molecule has 1 spiro atoms. The van der Waals surface area contributed by atoms with Gasteiger partial charge in [-0.1, -0.05) is 23.6 Å². The Morgan fingerprint density at radius 1 is 1.43 bits per heavy atom. The Hall–Kier alpha value is -1.71. The molecule has 0 radical (unpaired) electrons. The lowest BCUT2D eigenvalue weighted by molar-refractivity contribution is -0.156. The molecule has 2 aliphatic rings. The van der Waals surface area contributed by atoms with E-state index >= 15 is 0 Å². The van der Waals surface area contributed by atoms with Crippen molar-refractivity contribution >= 4 is 5.78 Å². The number of hydrogen-bond donors (Lipinski definition) is 2. The van der Waals surface area contributed by atoms with E-state index in [1.807, 2.05) is 30.2 Å². The third kappa shape index (κ3) is 2.68. The second kappa shape index (κ2) is 6.06. The quantitative estimate of drug-likeness (QED) is 0.796. The van der Waals surface area contributed by atoms with E-state index < -0.39 is 17.7 Å². The van der Waals surface area contributed by atoms with Crippen LogP contribution in [0, 0.1) is 19.3 Å². The van der Waals surface area contributed by atoms with Crippen molar-refractivity contribution in [2.75, 3.05) is 20.2 Å². The van der Waals surface area contributed by atoms with Crippen LogP contribution in [0.3, 0.4) is 0 Å². The minimum atomic E-state index is -0.912. The number of carbonyl (C=O) groups excluding carboxylic acids is 1. The second-order valence-electron chi connectivity index (χ2n) is 6.36. The van der Waals surface area contributed by atoms with Gasteiger partial charge < -0.3 is 9.94 Å². The molecule has 2 atom stereocenters. The lowest BCUT2D eigenvalue weighted by Gasteiger charge is -2.37. The molecule has 1 aromatic rings. The van der Waals surface area contributed by atoms with Crippen molar-refractivity contribution in [2.45, 2.75) is 37.5 Å². The first-order valence-electron chi connectivity index (χ1n) is 7.87. The van der Waals surface area contributed by atoms with E-state index in [0.29, 0.717) is 31.5 Å². The van der Waals surface area contributed by atoms with E-state index in [4.69, 9.17) is 11.3 Å². The fraction of sp³-hybridized carbons (Fsp3) is 0.500. The van der Waals surface area contributed by atoms with Crippen LogP contribution in [-0.2, 0) is 9.63 Å². The zero-order chi connectivity index (χ0) is 16.6. The van der Waals surface area contributed by atoms with Crippen LogP contribution >= 0.6 is 0 Å². The molecule has 2 fully saturated rings. The minimum Gasteiger partial charge on any atom is -0.377 e. The number of aryl methyl sites for hydroxylation is 1. The summed E-state index contributed by atoms with van der Waals surface area (Å²) in [6, 6.07) is 5.67. The highest BCUT2D eigenvalue weighted by atomic mass is 16.7. The number of carbonyl (C=O) groups is 1. The number of piperidine rings is 1. The van der Waals surface area contributed by atoms with Crippen LogP contribution in [0.2, 0.25) is 0 Å². The van der Waals surface area contributed by atoms with Gasteiger partial charge in [0.1, 0.15) is 6.23 Å². The van der Waals surface area contributed by atoms with Gasteiger partial charge in [-0.15, -0.1) is 6.42 Å². The SMILES string of the molecule is C#Cc1ccc(C)cc1C1C(=O)C2(CCN(OC)CC2)NC1O. The molecule has 5 heteroatoms. The van der Waals surface area contributed by atoms with E-state index in [1.165, 1.54) is 0 Å². The standard InChI is InChI=1S/C18H22N2O3/c1-4-13-6-5-12(2)11-14(13)15-16(21)18(19-17(15)22)7-9-20(23-3)10-8-18/h1,5-6,11,15,17,19,22H,7-10H2,2-3H3. The molecule has 2 unspecified atom stereocenters. The Bertz CT molecular complexity index is 657. The van der Waals surface area contributed by atoms with E-state index in [0.717, 1.165) is 11.1 Å². The third-order valence-electron chi connectivity index (χ3n) is 5.03. The van der Waals surface area contributed by atoms with Gasteiger partial charge >= 0.3 is 0 Å². The summed E-state index contributed by atoms with van der Waals surface area (Å²) in [7, 11) is 1.63. The first-order chi connectivity index (χ1) is 11.0. The number of hydroxylamine groups is 2. The Kier molecular flexibility index (Phi) is 4.26. The number of aliphatic hydroxyl groups excluding tert-OH is 1. The fourth-order valence-corrected chi connectivity index (χ4v) is 3.70. The van der Waals surface area contributed by atoms with Crippen molar-refractivity contribution in [3.63, 3.8) is 0 Å². The van der Waals surface area contributed by atoms with Crippen LogP contribution in [0.5, 0.6) is 0 Å². The molecule has 122 valence electrons. The van der Waals surface area contributed by atoms with Crippen molar-refractivity contribution in [2.24, 2.45) is 0 Å². The lowest BCUT2D eigenvalue weighted by Crippen LogP contribution is -2.54. The van der Waals surface area contributed by atoms with Crippen LogP contribution in [-0.4, -0.2) is 47.9 Å². The van der Waals surface area contributed by atoms with Crippen LogP contribution < -0.4 is 5.32 Å².